The van der Waals surface area contributed by atoms with E-state index in [0.717, 1.165) is 15.7 Å². The van der Waals surface area contributed by atoms with Crippen molar-refractivity contribution >= 4 is 43.8 Å². The van der Waals surface area contributed by atoms with Crippen molar-refractivity contribution in [2.75, 3.05) is 5.32 Å². The van der Waals surface area contributed by atoms with Crippen LogP contribution in [-0.2, 0) is 4.79 Å². The molecule has 1 N–H and O–H groups in total. The fraction of sp³-hybridized carbons (Fsp3) is 0.263. The van der Waals surface area contributed by atoms with Crippen LogP contribution in [0.2, 0.25) is 4.18 Å². The molecule has 0 saturated heterocycles. The number of aryl methyl sites for hydroxylation is 1. The summed E-state index contributed by atoms with van der Waals surface area (Å²) in [6.07, 6.45) is 4.09. The summed E-state index contributed by atoms with van der Waals surface area (Å²) in [5.74, 6) is 0.724. The average molecular weight is 472 g/mol. The molecule has 2 aliphatic rings. The Bertz CT molecular complexity index is 887. The van der Waals surface area contributed by atoms with E-state index < -0.39 is 27.3 Å². The van der Waals surface area contributed by atoms with E-state index in [0.29, 0.717) is 15.9 Å². The predicted octanol–water partition coefficient (Wildman–Crippen LogP) is 4.96. The van der Waals surface area contributed by atoms with Crippen molar-refractivity contribution < 1.29 is 13.9 Å². The molecule has 26 heavy (non-hydrogen) atoms. The van der Waals surface area contributed by atoms with Crippen LogP contribution in [0.1, 0.15) is 18.4 Å². The first-order chi connectivity index (χ1) is 12.6. The first-order valence-electron chi connectivity index (χ1n) is 8.68. The third-order valence-corrected chi connectivity index (χ3v) is 13.0. The number of hydrogen-bond acceptors (Lipinski definition) is 4. The Morgan fingerprint density at radius 3 is 2.85 bits per heavy atom. The Kier molecular flexibility index (Phi) is 5.18. The summed E-state index contributed by atoms with van der Waals surface area (Å²) in [6.45, 7) is 2.01. The van der Waals surface area contributed by atoms with Gasteiger partial charge < -0.3 is 0 Å². The van der Waals surface area contributed by atoms with Gasteiger partial charge in [0.05, 0.1) is 0 Å². The average Bonchev–Trinajstić information content (AvgIpc) is 3.19. The van der Waals surface area contributed by atoms with Crippen LogP contribution in [0.5, 0.6) is 10.8 Å². The molecule has 1 aromatic carbocycles. The Labute approximate surface area is 163 Å². The van der Waals surface area contributed by atoms with Gasteiger partial charge in [-0.2, -0.15) is 0 Å². The third-order valence-electron chi connectivity index (χ3n) is 4.49. The normalized spacial score (nSPS) is 16.3. The van der Waals surface area contributed by atoms with Gasteiger partial charge in [0, 0.05) is 0 Å². The van der Waals surface area contributed by atoms with Gasteiger partial charge in [-0.1, -0.05) is 0 Å². The molecule has 4 nitrogen and oxygen atoms in total. The van der Waals surface area contributed by atoms with Gasteiger partial charge in [-0.3, -0.25) is 0 Å². The molecule has 132 valence electrons. The zero-order valence-electron chi connectivity index (χ0n) is 14.4. The molecular formula is C19H18FInN2O2S. The number of aromatic nitrogens is 1. The van der Waals surface area contributed by atoms with Gasteiger partial charge in [0.15, 0.2) is 0 Å². The molecule has 0 atom stereocenters. The SMILES string of the molecule is Cc1ccc(Oc2cnc(NC(=O)C3=[CH][In]([CH2]C4CC4)[CH]=C3F)s2)cc1. The fourth-order valence-electron chi connectivity index (χ4n) is 2.93. The van der Waals surface area contributed by atoms with Crippen LogP contribution < -0.4 is 10.1 Å². The summed E-state index contributed by atoms with van der Waals surface area (Å²) in [5.41, 5.74) is 1.35. The molecule has 0 radical (unpaired) electrons. The van der Waals surface area contributed by atoms with E-state index in [9.17, 15) is 9.18 Å². The van der Waals surface area contributed by atoms with E-state index in [1.807, 2.05) is 35.0 Å². The van der Waals surface area contributed by atoms with Crippen LogP contribution in [-0.4, -0.2) is 32.3 Å². The minimum atomic E-state index is -2.14. The van der Waals surface area contributed by atoms with Crippen LogP contribution in [0.3, 0.4) is 0 Å². The van der Waals surface area contributed by atoms with Gasteiger partial charge in [0.25, 0.3) is 0 Å². The van der Waals surface area contributed by atoms with E-state index in [1.165, 1.54) is 24.2 Å². The molecule has 0 bridgehead atoms. The quantitative estimate of drug-likeness (QED) is 0.647. The number of amides is 1. The molecule has 7 heteroatoms. The molecule has 1 aliphatic carbocycles. The fourth-order valence-corrected chi connectivity index (χ4v) is 11.9. The summed E-state index contributed by atoms with van der Waals surface area (Å²) < 4.78 is 24.7. The topological polar surface area (TPSA) is 51.2 Å². The van der Waals surface area contributed by atoms with Crippen LogP contribution in [0, 0.1) is 12.8 Å². The van der Waals surface area contributed by atoms with Gasteiger partial charge >= 0.3 is 157 Å². The van der Waals surface area contributed by atoms with E-state index in [2.05, 4.69) is 10.3 Å². The Balaban J connectivity index is 1.38. The Hall–Kier alpha value is -1.60. The first-order valence-corrected chi connectivity index (χ1v) is 15.6. The Morgan fingerprint density at radius 1 is 1.35 bits per heavy atom. The van der Waals surface area contributed by atoms with Crippen molar-refractivity contribution in [1.29, 1.82) is 0 Å². The number of rotatable bonds is 6. The van der Waals surface area contributed by atoms with Crippen molar-refractivity contribution in [1.82, 2.24) is 4.98 Å². The van der Waals surface area contributed by atoms with Crippen molar-refractivity contribution in [3.05, 3.63) is 55.1 Å². The molecule has 1 fully saturated rings. The molecule has 4 rings (SSSR count). The van der Waals surface area contributed by atoms with Gasteiger partial charge in [-0.25, -0.2) is 0 Å². The molecule has 0 spiro atoms. The van der Waals surface area contributed by atoms with Crippen LogP contribution in [0.25, 0.3) is 0 Å². The van der Waals surface area contributed by atoms with Crippen molar-refractivity contribution in [2.24, 2.45) is 5.92 Å². The standard InChI is InChI=1S/C15H11FN2O2S.C4H7.In/c1-9-4-6-12(7-5-9)20-13-8-17-15(21-13)18-14(19)10(2)11(3)16;1-4-2-3-4;/h2-8H,1H3,(H,17,18,19);4H,1-3H2;. The van der Waals surface area contributed by atoms with E-state index in [4.69, 9.17) is 4.74 Å². The number of nitrogens with one attached hydrogen (secondary N) is 1. The number of anilines is 1. The molecule has 1 saturated carbocycles. The van der Waals surface area contributed by atoms with Crippen molar-refractivity contribution in [3.63, 3.8) is 0 Å². The Morgan fingerprint density at radius 2 is 2.12 bits per heavy atom. The molecule has 2 aromatic rings. The third kappa shape index (κ3) is 4.38. The number of halogens is 1. The summed E-state index contributed by atoms with van der Waals surface area (Å²) >= 11 is -0.912. The number of thiazole rings is 1. The number of nitrogens with zero attached hydrogens (tertiary/aromatic N) is 1. The van der Waals surface area contributed by atoms with E-state index in [1.54, 1.807) is 10.0 Å². The van der Waals surface area contributed by atoms with Gasteiger partial charge in [0.2, 0.25) is 0 Å². The molecule has 1 amide bonds. The molecule has 1 aliphatic heterocycles. The van der Waals surface area contributed by atoms with Gasteiger partial charge in [0.1, 0.15) is 0 Å². The maximum absolute atomic E-state index is 14.1. The van der Waals surface area contributed by atoms with Crippen LogP contribution in [0.4, 0.5) is 9.52 Å². The second kappa shape index (κ2) is 7.56. The minimum absolute atomic E-state index is 0.197. The number of carbonyl (C=O) groups excluding carboxylic acids is 1. The van der Waals surface area contributed by atoms with E-state index in [-0.39, 0.29) is 11.4 Å². The van der Waals surface area contributed by atoms with Crippen molar-refractivity contribution in [2.45, 2.75) is 23.9 Å². The van der Waals surface area contributed by atoms with Crippen LogP contribution in [0.15, 0.2) is 49.5 Å². The van der Waals surface area contributed by atoms with Crippen molar-refractivity contribution in [3.8, 4) is 10.8 Å². The van der Waals surface area contributed by atoms with Gasteiger partial charge in [-0.15, -0.1) is 0 Å². The van der Waals surface area contributed by atoms with Gasteiger partial charge in [-0.05, 0) is 6.92 Å². The molecule has 0 unspecified atom stereocenters. The summed E-state index contributed by atoms with van der Waals surface area (Å²) in [6, 6.07) is 7.68. The zero-order chi connectivity index (χ0) is 18.1. The maximum atomic E-state index is 14.1. The summed E-state index contributed by atoms with van der Waals surface area (Å²) in [5, 5.41) is 3.68. The number of carbonyl (C=O) groups is 1. The summed E-state index contributed by atoms with van der Waals surface area (Å²) in [4.78, 5) is 16.5. The predicted molar refractivity (Wildman–Crippen MR) is 103 cm³/mol. The number of benzene rings is 1. The molecule has 1 aromatic heterocycles. The van der Waals surface area contributed by atoms with Crippen LogP contribution >= 0.6 is 11.3 Å². The molecule has 2 heterocycles. The number of ether oxygens (including phenoxy) is 1. The first kappa shape index (κ1) is 17.8. The van der Waals surface area contributed by atoms with E-state index >= 15 is 0 Å². The zero-order valence-corrected chi connectivity index (χ0v) is 18.5. The molecular weight excluding hydrogens is 454 g/mol. The monoisotopic (exact) mass is 472 g/mol. The second-order valence-electron chi connectivity index (χ2n) is 6.79. The number of hydrogen-bond donors (Lipinski definition) is 1. The summed E-state index contributed by atoms with van der Waals surface area (Å²) in [7, 11) is 0. The second-order valence-corrected chi connectivity index (χ2v) is 14.8.